The second-order valence-corrected chi connectivity index (χ2v) is 7.41. The lowest BCUT2D eigenvalue weighted by molar-refractivity contribution is 0.0648. The number of amides is 1. The molecule has 0 saturated carbocycles. The van der Waals surface area contributed by atoms with Gasteiger partial charge in [-0.15, -0.1) is 0 Å². The highest BCUT2D eigenvalue weighted by molar-refractivity contribution is 5.96. The maximum atomic E-state index is 13.3. The van der Waals surface area contributed by atoms with Crippen molar-refractivity contribution in [2.45, 2.75) is 45.6 Å². The minimum Gasteiger partial charge on any atom is -0.497 e. The van der Waals surface area contributed by atoms with E-state index in [0.29, 0.717) is 29.3 Å². The van der Waals surface area contributed by atoms with E-state index in [1.165, 1.54) is 0 Å². The predicted octanol–water partition coefficient (Wildman–Crippen LogP) is 4.71. The summed E-state index contributed by atoms with van der Waals surface area (Å²) in [7, 11) is 1.64. The number of methoxy groups -OCH3 is 1. The number of aromatic nitrogens is 2. The molecule has 0 radical (unpaired) electrons. The predicted molar refractivity (Wildman–Crippen MR) is 107 cm³/mol. The second-order valence-electron chi connectivity index (χ2n) is 7.41. The van der Waals surface area contributed by atoms with Gasteiger partial charge >= 0.3 is 0 Å². The van der Waals surface area contributed by atoms with Crippen LogP contribution in [-0.2, 0) is 0 Å². The third-order valence-electron chi connectivity index (χ3n) is 5.50. The molecule has 1 saturated heterocycles. The van der Waals surface area contributed by atoms with Crippen molar-refractivity contribution in [1.82, 2.24) is 15.2 Å². The first kappa shape index (κ1) is 19.2. The van der Waals surface area contributed by atoms with E-state index in [1.807, 2.05) is 35.2 Å². The van der Waals surface area contributed by atoms with Gasteiger partial charge in [0.1, 0.15) is 22.8 Å². The highest BCUT2D eigenvalue weighted by Crippen LogP contribution is 2.34. The Labute approximate surface area is 169 Å². The zero-order valence-corrected chi connectivity index (χ0v) is 17.0. The standard InChI is InChI=1S/C22H25N3O4/c1-14-21(15(2)28-23-14)22(26)25-12-6-4-5-7-19(25)20-13-18(24-29-20)16-8-10-17(27-3)11-9-16/h8-11,13,19H,4-7,12H2,1-3H3/t19-/m0/s1. The SMILES string of the molecule is COc1ccc(-c2cc([C@@H]3CCCCCN3C(=O)c3c(C)noc3C)on2)cc1. The van der Waals surface area contributed by atoms with E-state index in [4.69, 9.17) is 13.8 Å². The maximum Gasteiger partial charge on any atom is 0.259 e. The van der Waals surface area contributed by atoms with Crippen LogP contribution < -0.4 is 4.74 Å². The van der Waals surface area contributed by atoms with Gasteiger partial charge in [0.2, 0.25) is 0 Å². The lowest BCUT2D eigenvalue weighted by atomic mass is 10.0. The molecule has 1 aliphatic heterocycles. The first-order valence-electron chi connectivity index (χ1n) is 9.93. The number of carbonyl (C=O) groups excluding carboxylic acids is 1. The highest BCUT2D eigenvalue weighted by Gasteiger charge is 2.33. The lowest BCUT2D eigenvalue weighted by Gasteiger charge is -2.28. The molecule has 0 bridgehead atoms. The summed E-state index contributed by atoms with van der Waals surface area (Å²) >= 11 is 0. The summed E-state index contributed by atoms with van der Waals surface area (Å²) in [6.07, 6.45) is 3.92. The van der Waals surface area contributed by atoms with E-state index < -0.39 is 0 Å². The Balaban J connectivity index is 1.64. The van der Waals surface area contributed by atoms with Crippen molar-refractivity contribution < 1.29 is 18.6 Å². The number of ether oxygens (including phenoxy) is 1. The number of hydrogen-bond acceptors (Lipinski definition) is 6. The molecule has 1 aliphatic rings. The van der Waals surface area contributed by atoms with Gasteiger partial charge in [0.25, 0.3) is 5.91 Å². The lowest BCUT2D eigenvalue weighted by Crippen LogP contribution is -2.35. The smallest absolute Gasteiger partial charge is 0.259 e. The van der Waals surface area contributed by atoms with Gasteiger partial charge in [-0.3, -0.25) is 4.79 Å². The normalized spacial score (nSPS) is 17.2. The zero-order valence-electron chi connectivity index (χ0n) is 17.0. The molecule has 152 valence electrons. The Morgan fingerprint density at radius 3 is 2.59 bits per heavy atom. The van der Waals surface area contributed by atoms with Crippen molar-refractivity contribution >= 4 is 5.91 Å². The van der Waals surface area contributed by atoms with Gasteiger partial charge in [0, 0.05) is 18.2 Å². The Kier molecular flexibility index (Phi) is 5.38. The summed E-state index contributed by atoms with van der Waals surface area (Å²) in [5.74, 6) is 1.98. The average Bonchev–Trinajstić information content (AvgIpc) is 3.26. The van der Waals surface area contributed by atoms with Gasteiger partial charge in [-0.1, -0.05) is 23.2 Å². The Bertz CT molecular complexity index is 970. The van der Waals surface area contributed by atoms with Gasteiger partial charge in [0.15, 0.2) is 5.76 Å². The van der Waals surface area contributed by atoms with E-state index >= 15 is 0 Å². The monoisotopic (exact) mass is 395 g/mol. The Hall–Kier alpha value is -3.09. The van der Waals surface area contributed by atoms with Crippen LogP contribution in [0.3, 0.4) is 0 Å². The second kappa shape index (κ2) is 8.11. The van der Waals surface area contributed by atoms with Crippen LogP contribution >= 0.6 is 0 Å². The minimum atomic E-state index is -0.154. The summed E-state index contributed by atoms with van der Waals surface area (Å²) in [5.41, 5.74) is 2.86. The fraction of sp³-hybridized carbons (Fsp3) is 0.409. The third-order valence-corrected chi connectivity index (χ3v) is 5.50. The summed E-state index contributed by atoms with van der Waals surface area (Å²) in [6, 6.07) is 9.45. The number of hydrogen-bond donors (Lipinski definition) is 0. The first-order valence-corrected chi connectivity index (χ1v) is 9.93. The molecule has 7 nitrogen and oxygen atoms in total. The molecule has 1 fully saturated rings. The summed E-state index contributed by atoms with van der Waals surface area (Å²) < 4.78 is 16.1. The Morgan fingerprint density at radius 2 is 1.90 bits per heavy atom. The van der Waals surface area contributed by atoms with Crippen LogP contribution in [0.15, 0.2) is 39.4 Å². The quantitative estimate of drug-likeness (QED) is 0.636. The van der Waals surface area contributed by atoms with Crippen molar-refractivity contribution in [2.75, 3.05) is 13.7 Å². The van der Waals surface area contributed by atoms with Crippen LogP contribution in [0.1, 0.15) is 59.3 Å². The number of likely N-dealkylation sites (tertiary alicyclic amines) is 1. The maximum absolute atomic E-state index is 13.3. The number of carbonyl (C=O) groups is 1. The molecule has 3 heterocycles. The molecule has 29 heavy (non-hydrogen) atoms. The highest BCUT2D eigenvalue weighted by atomic mass is 16.5. The summed E-state index contributed by atoms with van der Waals surface area (Å²) in [6.45, 7) is 4.25. The summed E-state index contributed by atoms with van der Waals surface area (Å²) in [4.78, 5) is 15.2. The van der Waals surface area contributed by atoms with Crippen molar-refractivity contribution in [3.63, 3.8) is 0 Å². The van der Waals surface area contributed by atoms with Crippen molar-refractivity contribution in [3.05, 3.63) is 53.1 Å². The van der Waals surface area contributed by atoms with Crippen molar-refractivity contribution in [3.8, 4) is 17.0 Å². The van der Waals surface area contributed by atoms with E-state index in [2.05, 4.69) is 10.3 Å². The van der Waals surface area contributed by atoms with Gasteiger partial charge in [-0.2, -0.15) is 0 Å². The van der Waals surface area contributed by atoms with Crippen LogP contribution in [-0.4, -0.2) is 34.8 Å². The van der Waals surface area contributed by atoms with Crippen LogP contribution in [0.2, 0.25) is 0 Å². The number of benzene rings is 1. The number of aryl methyl sites for hydroxylation is 2. The van der Waals surface area contributed by atoms with Gasteiger partial charge in [-0.25, -0.2) is 0 Å². The molecule has 2 aromatic heterocycles. The molecule has 0 unspecified atom stereocenters. The number of nitrogens with zero attached hydrogens (tertiary/aromatic N) is 3. The van der Waals surface area contributed by atoms with Crippen LogP contribution in [0.4, 0.5) is 0 Å². The van der Waals surface area contributed by atoms with Gasteiger partial charge in [0.05, 0.1) is 18.8 Å². The fourth-order valence-electron chi connectivity index (χ4n) is 3.92. The number of rotatable bonds is 4. The minimum absolute atomic E-state index is 0.0597. The molecule has 0 N–H and O–H groups in total. The molecule has 4 rings (SSSR count). The van der Waals surface area contributed by atoms with E-state index in [1.54, 1.807) is 21.0 Å². The topological polar surface area (TPSA) is 81.6 Å². The van der Waals surface area contributed by atoms with Crippen molar-refractivity contribution in [1.29, 1.82) is 0 Å². The zero-order chi connectivity index (χ0) is 20.4. The largest absolute Gasteiger partial charge is 0.497 e. The van der Waals surface area contributed by atoms with Crippen molar-refractivity contribution in [2.24, 2.45) is 0 Å². The average molecular weight is 395 g/mol. The molecular formula is C22H25N3O4. The van der Waals surface area contributed by atoms with E-state index in [-0.39, 0.29) is 11.9 Å². The van der Waals surface area contributed by atoms with Crippen LogP contribution in [0, 0.1) is 13.8 Å². The third kappa shape index (κ3) is 3.77. The molecule has 0 spiro atoms. The molecule has 1 amide bonds. The molecule has 3 aromatic rings. The van der Waals surface area contributed by atoms with Crippen LogP contribution in [0.25, 0.3) is 11.3 Å². The van der Waals surface area contributed by atoms with Crippen LogP contribution in [0.5, 0.6) is 5.75 Å². The van der Waals surface area contributed by atoms with Gasteiger partial charge in [-0.05, 0) is 51.0 Å². The van der Waals surface area contributed by atoms with Gasteiger partial charge < -0.3 is 18.7 Å². The van der Waals surface area contributed by atoms with E-state index in [0.717, 1.165) is 42.7 Å². The fourth-order valence-corrected chi connectivity index (χ4v) is 3.92. The molecular weight excluding hydrogens is 370 g/mol. The Morgan fingerprint density at radius 1 is 1.10 bits per heavy atom. The molecule has 1 aromatic carbocycles. The summed E-state index contributed by atoms with van der Waals surface area (Å²) in [5, 5.41) is 8.20. The first-order chi connectivity index (χ1) is 14.1. The molecule has 0 aliphatic carbocycles. The van der Waals surface area contributed by atoms with E-state index in [9.17, 15) is 4.79 Å². The molecule has 7 heteroatoms. The molecule has 1 atom stereocenters.